The van der Waals surface area contributed by atoms with E-state index < -0.39 is 0 Å². The maximum absolute atomic E-state index is 13.2. The first-order valence-corrected chi connectivity index (χ1v) is 11.4. The smallest absolute Gasteiger partial charge is 0.272 e. The molecule has 2 aromatic carbocycles. The van der Waals surface area contributed by atoms with Crippen LogP contribution in [0.4, 0.5) is 0 Å². The summed E-state index contributed by atoms with van der Waals surface area (Å²) in [6, 6.07) is 20.2. The zero-order valence-electron chi connectivity index (χ0n) is 17.5. The number of amides is 2. The van der Waals surface area contributed by atoms with E-state index >= 15 is 0 Å². The summed E-state index contributed by atoms with van der Waals surface area (Å²) < 4.78 is 8.82. The Labute approximate surface area is 187 Å². The average molecular weight is 438 g/mol. The van der Waals surface area contributed by atoms with Crippen molar-refractivity contribution in [2.45, 2.75) is 12.8 Å². The summed E-state index contributed by atoms with van der Waals surface area (Å²) in [5.74, 6) is -0.429. The van der Waals surface area contributed by atoms with Gasteiger partial charge in [0.05, 0.1) is 25.3 Å². The van der Waals surface area contributed by atoms with E-state index in [0.29, 0.717) is 39.4 Å². The first-order valence-electron chi connectivity index (χ1n) is 10.6. The minimum atomic E-state index is -0.214. The van der Waals surface area contributed by atoms with Gasteiger partial charge in [-0.15, -0.1) is 0 Å². The minimum Gasteiger partial charge on any atom is -0.378 e. The van der Waals surface area contributed by atoms with Crippen molar-refractivity contribution >= 4 is 23.9 Å². The first kappa shape index (κ1) is 21.5. The van der Waals surface area contributed by atoms with Crippen molar-refractivity contribution in [1.82, 2.24) is 13.5 Å². The van der Waals surface area contributed by atoms with Crippen molar-refractivity contribution in [3.8, 4) is 0 Å². The van der Waals surface area contributed by atoms with Crippen LogP contribution < -0.4 is 0 Å². The van der Waals surface area contributed by atoms with E-state index in [1.54, 1.807) is 14.8 Å². The van der Waals surface area contributed by atoms with E-state index in [2.05, 4.69) is 24.3 Å². The Hall–Kier alpha value is -2.77. The molecule has 0 atom stereocenters. The lowest BCUT2D eigenvalue weighted by molar-refractivity contribution is -0.131. The van der Waals surface area contributed by atoms with Crippen LogP contribution in [0.2, 0.25) is 0 Å². The zero-order valence-corrected chi connectivity index (χ0v) is 18.3. The average Bonchev–Trinajstić information content (AvgIpc) is 2.82. The van der Waals surface area contributed by atoms with Crippen LogP contribution >= 0.6 is 12.1 Å². The molecule has 0 aromatic heterocycles. The Balaban J connectivity index is 1.50. The van der Waals surface area contributed by atoms with E-state index in [4.69, 9.17) is 4.74 Å². The van der Waals surface area contributed by atoms with Crippen LogP contribution in [0.15, 0.2) is 72.4 Å². The van der Waals surface area contributed by atoms with Gasteiger partial charge in [0.1, 0.15) is 5.57 Å². The Bertz CT molecular complexity index is 851. The van der Waals surface area contributed by atoms with Crippen molar-refractivity contribution < 1.29 is 14.3 Å². The van der Waals surface area contributed by atoms with Gasteiger partial charge in [0.15, 0.2) is 0 Å². The first-order chi connectivity index (χ1) is 15.2. The molecule has 0 N–H and O–H groups in total. The van der Waals surface area contributed by atoms with Gasteiger partial charge in [0.25, 0.3) is 11.8 Å². The Morgan fingerprint density at radius 1 is 0.774 bits per heavy atom. The van der Waals surface area contributed by atoms with E-state index in [0.717, 1.165) is 12.8 Å². The molecule has 2 saturated heterocycles. The second kappa shape index (κ2) is 10.5. The van der Waals surface area contributed by atoms with Gasteiger partial charge in [-0.2, -0.15) is 0 Å². The Morgan fingerprint density at radius 3 is 1.74 bits per heavy atom. The van der Waals surface area contributed by atoms with Crippen molar-refractivity contribution in [2.24, 2.45) is 0 Å². The maximum Gasteiger partial charge on any atom is 0.272 e. The van der Waals surface area contributed by atoms with Gasteiger partial charge in [-0.3, -0.25) is 18.2 Å². The van der Waals surface area contributed by atoms with Crippen LogP contribution in [0.1, 0.15) is 11.1 Å². The van der Waals surface area contributed by atoms with Gasteiger partial charge in [-0.25, -0.2) is 0 Å². The fourth-order valence-electron chi connectivity index (χ4n) is 3.59. The second-order valence-corrected chi connectivity index (χ2v) is 8.60. The third kappa shape index (κ3) is 5.68. The number of hydrogen-bond donors (Lipinski definition) is 0. The normalized spacial score (nSPS) is 17.3. The second-order valence-electron chi connectivity index (χ2n) is 7.56. The zero-order chi connectivity index (χ0) is 21.5. The molecule has 6 nitrogen and oxygen atoms in total. The van der Waals surface area contributed by atoms with Gasteiger partial charge < -0.3 is 9.64 Å². The fraction of sp³-hybridized carbons (Fsp3) is 0.333. The molecule has 162 valence electrons. The lowest BCUT2D eigenvalue weighted by Crippen LogP contribution is -2.46. The minimum absolute atomic E-state index is 0.214. The lowest BCUT2D eigenvalue weighted by Gasteiger charge is -2.35. The molecule has 2 aromatic rings. The number of carbonyl (C=O) groups is 2. The summed E-state index contributed by atoms with van der Waals surface area (Å²) in [7, 11) is 0. The monoisotopic (exact) mass is 437 g/mol. The molecule has 2 aliphatic rings. The van der Waals surface area contributed by atoms with Crippen molar-refractivity contribution in [2.75, 3.05) is 39.4 Å². The summed E-state index contributed by atoms with van der Waals surface area (Å²) in [6.07, 6.45) is 3.22. The highest BCUT2D eigenvalue weighted by molar-refractivity contribution is 7.96. The summed E-state index contributed by atoms with van der Waals surface area (Å²) in [5, 5.41) is 0. The Kier molecular flexibility index (Phi) is 7.27. The van der Waals surface area contributed by atoms with E-state index in [1.807, 2.05) is 41.3 Å². The molecule has 0 unspecified atom stereocenters. The van der Waals surface area contributed by atoms with Crippen LogP contribution in [0.25, 0.3) is 0 Å². The van der Waals surface area contributed by atoms with E-state index in [1.165, 1.54) is 23.3 Å². The molecule has 0 saturated carbocycles. The Morgan fingerprint density at radius 2 is 1.26 bits per heavy atom. The molecule has 31 heavy (non-hydrogen) atoms. The summed E-state index contributed by atoms with van der Waals surface area (Å²) >= 11 is 1.24. The number of rotatable bonds is 7. The molecular weight excluding hydrogens is 410 g/mol. The predicted molar refractivity (Wildman–Crippen MR) is 122 cm³/mol. The lowest BCUT2D eigenvalue weighted by atomic mass is 10.1. The third-order valence-corrected chi connectivity index (χ3v) is 6.45. The highest BCUT2D eigenvalue weighted by Gasteiger charge is 2.36. The molecule has 2 fully saturated rings. The van der Waals surface area contributed by atoms with Crippen molar-refractivity contribution in [3.63, 3.8) is 0 Å². The van der Waals surface area contributed by atoms with E-state index in [-0.39, 0.29) is 17.4 Å². The molecule has 2 heterocycles. The highest BCUT2D eigenvalue weighted by Crippen LogP contribution is 2.29. The number of morpholine rings is 1. The van der Waals surface area contributed by atoms with Crippen LogP contribution in [0, 0.1) is 0 Å². The van der Waals surface area contributed by atoms with Gasteiger partial charge >= 0.3 is 0 Å². The number of nitrogens with zero attached hydrogens (tertiary/aromatic N) is 3. The van der Waals surface area contributed by atoms with Crippen molar-refractivity contribution in [3.05, 3.63) is 83.6 Å². The summed E-state index contributed by atoms with van der Waals surface area (Å²) in [6.45, 7) is 3.68. The number of carbonyl (C=O) groups excluding carboxylic acids is 2. The molecule has 4 rings (SSSR count). The van der Waals surface area contributed by atoms with Gasteiger partial charge in [0.2, 0.25) is 0 Å². The maximum atomic E-state index is 13.2. The molecule has 0 spiro atoms. The number of ether oxygens (including phenoxy) is 1. The standard InChI is InChI=1S/C24H27N3O3S/c28-23-22(19-25-15-17-30-18-16-25)24(29)27(14-12-21-9-5-2-6-10-21)31-26(23)13-11-20-7-3-1-4-8-20/h1-10,19H,11-18H2. The van der Waals surface area contributed by atoms with Crippen LogP contribution in [-0.4, -0.2) is 64.7 Å². The third-order valence-electron chi connectivity index (χ3n) is 5.36. The largest absolute Gasteiger partial charge is 0.378 e. The summed E-state index contributed by atoms with van der Waals surface area (Å²) in [5.41, 5.74) is 2.58. The van der Waals surface area contributed by atoms with Gasteiger partial charge in [-0.05, 0) is 24.0 Å². The molecular formula is C24H27N3O3S. The highest BCUT2D eigenvalue weighted by atomic mass is 32.2. The molecule has 0 bridgehead atoms. The SMILES string of the molecule is O=C1C(=CN2CCOCC2)C(=O)N(CCc2ccccc2)SN1CCc1ccccc1. The quantitative estimate of drug-likeness (QED) is 0.379. The van der Waals surface area contributed by atoms with Gasteiger partial charge in [-0.1, -0.05) is 60.7 Å². The molecule has 0 radical (unpaired) electrons. The number of benzene rings is 2. The van der Waals surface area contributed by atoms with E-state index in [9.17, 15) is 9.59 Å². The molecule has 2 aliphatic heterocycles. The molecule has 0 aliphatic carbocycles. The van der Waals surface area contributed by atoms with Gasteiger partial charge in [0, 0.05) is 32.4 Å². The molecule has 2 amide bonds. The van der Waals surface area contributed by atoms with Crippen molar-refractivity contribution in [1.29, 1.82) is 0 Å². The van der Waals surface area contributed by atoms with Crippen LogP contribution in [-0.2, 0) is 27.2 Å². The summed E-state index contributed by atoms with van der Waals surface area (Å²) in [4.78, 5) is 28.4. The predicted octanol–water partition coefficient (Wildman–Crippen LogP) is 2.92. The van der Waals surface area contributed by atoms with Crippen LogP contribution in [0.3, 0.4) is 0 Å². The number of hydrogen-bond acceptors (Lipinski definition) is 5. The topological polar surface area (TPSA) is 53.1 Å². The molecule has 7 heteroatoms. The fourth-order valence-corrected chi connectivity index (χ4v) is 4.52. The van der Waals surface area contributed by atoms with Crippen LogP contribution in [0.5, 0.6) is 0 Å².